The molecule has 0 bridgehead atoms. The quantitative estimate of drug-likeness (QED) is 0.661. The first kappa shape index (κ1) is 21.5. The van der Waals surface area contributed by atoms with Crippen molar-refractivity contribution in [2.24, 2.45) is 0 Å². The van der Waals surface area contributed by atoms with Gasteiger partial charge in [0.1, 0.15) is 4.21 Å². The van der Waals surface area contributed by atoms with E-state index in [4.69, 9.17) is 0 Å². The summed E-state index contributed by atoms with van der Waals surface area (Å²) in [5, 5.41) is 4.51. The van der Waals surface area contributed by atoms with Crippen molar-refractivity contribution in [2.75, 3.05) is 19.6 Å². The van der Waals surface area contributed by atoms with Crippen LogP contribution >= 0.6 is 11.3 Å². The third-order valence-electron chi connectivity index (χ3n) is 4.80. The zero-order chi connectivity index (χ0) is 20.7. The predicted octanol–water partition coefficient (Wildman–Crippen LogP) is 1.77. The summed E-state index contributed by atoms with van der Waals surface area (Å²) in [6.45, 7) is 1.32. The highest BCUT2D eigenvalue weighted by atomic mass is 32.2. The van der Waals surface area contributed by atoms with Crippen LogP contribution in [0.1, 0.15) is 24.8 Å². The molecule has 2 N–H and O–H groups in total. The summed E-state index contributed by atoms with van der Waals surface area (Å²) in [6.07, 6.45) is 1.70. The van der Waals surface area contributed by atoms with E-state index in [0.717, 1.165) is 5.56 Å². The molecule has 1 aliphatic rings. The number of likely N-dealkylation sites (tertiary alicyclic amines) is 1. The molecule has 2 aromatic rings. The Bertz CT molecular complexity index is 906. The number of benzene rings is 1. The maximum Gasteiger partial charge on any atom is 0.250 e. The van der Waals surface area contributed by atoms with Gasteiger partial charge in [-0.25, -0.2) is 13.1 Å². The molecular formula is C20H25N3O4S2. The number of nitrogens with zero attached hydrogens (tertiary/aromatic N) is 1. The van der Waals surface area contributed by atoms with Crippen molar-refractivity contribution in [1.82, 2.24) is 14.9 Å². The first-order chi connectivity index (χ1) is 13.9. The van der Waals surface area contributed by atoms with Crippen LogP contribution < -0.4 is 10.0 Å². The fraction of sp³-hybridized carbons (Fsp3) is 0.400. The average molecular weight is 436 g/mol. The summed E-state index contributed by atoms with van der Waals surface area (Å²) >= 11 is 1.19. The first-order valence-corrected chi connectivity index (χ1v) is 11.9. The second kappa shape index (κ2) is 10.00. The Morgan fingerprint density at radius 2 is 1.79 bits per heavy atom. The normalized spacial score (nSPS) is 15.2. The molecule has 0 aliphatic carbocycles. The van der Waals surface area contributed by atoms with Crippen molar-refractivity contribution in [1.29, 1.82) is 0 Å². The summed E-state index contributed by atoms with van der Waals surface area (Å²) in [5.41, 5.74) is 0.934. The molecule has 1 aliphatic heterocycles. The minimum atomic E-state index is -3.49. The standard InChI is InChI=1S/C20H25N3O4S2/c24-18(15-16-5-2-1-3-6-16)21-11-8-19(25)23-12-9-17(10-13-23)22-29(26,27)20-7-4-14-28-20/h1-7,14,17,22H,8-13,15H2,(H,21,24). The summed E-state index contributed by atoms with van der Waals surface area (Å²) < 4.78 is 27.6. The largest absolute Gasteiger partial charge is 0.355 e. The van der Waals surface area contributed by atoms with E-state index in [-0.39, 0.29) is 24.3 Å². The highest BCUT2D eigenvalue weighted by Crippen LogP contribution is 2.19. The van der Waals surface area contributed by atoms with E-state index in [0.29, 0.717) is 43.1 Å². The summed E-state index contributed by atoms with van der Waals surface area (Å²) in [5.74, 6) is -0.129. The summed E-state index contributed by atoms with van der Waals surface area (Å²) in [7, 11) is -3.49. The molecule has 2 amide bonds. The van der Waals surface area contributed by atoms with Crippen LogP contribution in [-0.4, -0.2) is 50.8 Å². The molecule has 7 nitrogen and oxygen atoms in total. The molecule has 156 valence electrons. The van der Waals surface area contributed by atoms with Crippen LogP contribution in [0.25, 0.3) is 0 Å². The van der Waals surface area contributed by atoms with Crippen LogP contribution in [0, 0.1) is 0 Å². The fourth-order valence-electron chi connectivity index (χ4n) is 3.25. The van der Waals surface area contributed by atoms with Gasteiger partial charge in [-0.05, 0) is 29.9 Å². The Balaban J connectivity index is 1.36. The minimum absolute atomic E-state index is 0.0235. The molecule has 9 heteroatoms. The van der Waals surface area contributed by atoms with Crippen molar-refractivity contribution in [3.63, 3.8) is 0 Å². The van der Waals surface area contributed by atoms with E-state index in [2.05, 4.69) is 10.0 Å². The SMILES string of the molecule is O=C(Cc1ccccc1)NCCC(=O)N1CCC(NS(=O)(=O)c2cccs2)CC1. The number of hydrogen-bond donors (Lipinski definition) is 2. The van der Waals surface area contributed by atoms with Crippen molar-refractivity contribution in [2.45, 2.75) is 35.9 Å². The number of carbonyl (C=O) groups is 2. The van der Waals surface area contributed by atoms with Crippen molar-refractivity contribution >= 4 is 33.2 Å². The number of hydrogen-bond acceptors (Lipinski definition) is 5. The minimum Gasteiger partial charge on any atom is -0.355 e. The van der Waals surface area contributed by atoms with Crippen molar-refractivity contribution in [3.8, 4) is 0 Å². The van der Waals surface area contributed by atoms with E-state index in [1.807, 2.05) is 30.3 Å². The smallest absolute Gasteiger partial charge is 0.250 e. The molecule has 1 aromatic carbocycles. The van der Waals surface area contributed by atoms with Crippen LogP contribution in [0.15, 0.2) is 52.1 Å². The van der Waals surface area contributed by atoms with Gasteiger partial charge in [0.25, 0.3) is 0 Å². The van der Waals surface area contributed by atoms with E-state index in [1.54, 1.807) is 22.4 Å². The topological polar surface area (TPSA) is 95.6 Å². The van der Waals surface area contributed by atoms with Gasteiger partial charge in [0, 0.05) is 32.1 Å². The van der Waals surface area contributed by atoms with E-state index >= 15 is 0 Å². The molecule has 1 aromatic heterocycles. The van der Waals surface area contributed by atoms with E-state index in [1.165, 1.54) is 11.3 Å². The molecule has 0 atom stereocenters. The van der Waals surface area contributed by atoms with Crippen molar-refractivity contribution in [3.05, 3.63) is 53.4 Å². The average Bonchev–Trinajstić information content (AvgIpc) is 3.25. The molecular weight excluding hydrogens is 410 g/mol. The van der Waals surface area contributed by atoms with Crippen LogP contribution in [-0.2, 0) is 26.0 Å². The Hall–Kier alpha value is -2.23. The Kier molecular flexibility index (Phi) is 7.40. The van der Waals surface area contributed by atoms with Crippen LogP contribution in [0.3, 0.4) is 0 Å². The Morgan fingerprint density at radius 3 is 2.45 bits per heavy atom. The third-order valence-corrected chi connectivity index (χ3v) is 7.72. The number of piperidine rings is 1. The molecule has 1 fully saturated rings. The number of nitrogens with one attached hydrogen (secondary N) is 2. The molecule has 0 unspecified atom stereocenters. The fourth-order valence-corrected chi connectivity index (χ4v) is 5.57. The zero-order valence-corrected chi connectivity index (χ0v) is 17.7. The predicted molar refractivity (Wildman–Crippen MR) is 112 cm³/mol. The van der Waals surface area contributed by atoms with Crippen molar-refractivity contribution < 1.29 is 18.0 Å². The zero-order valence-electron chi connectivity index (χ0n) is 16.0. The third kappa shape index (κ3) is 6.38. The Morgan fingerprint density at radius 1 is 1.07 bits per heavy atom. The molecule has 3 rings (SSSR count). The lowest BCUT2D eigenvalue weighted by Gasteiger charge is -2.32. The lowest BCUT2D eigenvalue weighted by Crippen LogP contribution is -2.46. The van der Waals surface area contributed by atoms with Crippen LogP contribution in [0.5, 0.6) is 0 Å². The van der Waals surface area contributed by atoms with E-state index in [9.17, 15) is 18.0 Å². The maximum absolute atomic E-state index is 12.4. The first-order valence-electron chi connectivity index (χ1n) is 9.58. The Labute approximate surface area is 175 Å². The summed E-state index contributed by atoms with van der Waals surface area (Å²) in [4.78, 5) is 26.0. The monoisotopic (exact) mass is 435 g/mol. The number of rotatable bonds is 8. The molecule has 0 radical (unpaired) electrons. The second-order valence-corrected chi connectivity index (χ2v) is 9.86. The van der Waals surface area contributed by atoms with Gasteiger partial charge in [-0.3, -0.25) is 9.59 Å². The number of sulfonamides is 1. The lowest BCUT2D eigenvalue weighted by atomic mass is 10.1. The van der Waals surface area contributed by atoms with Crippen LogP contribution in [0.4, 0.5) is 0 Å². The van der Waals surface area contributed by atoms with E-state index < -0.39 is 10.0 Å². The molecule has 2 heterocycles. The molecule has 1 saturated heterocycles. The van der Waals surface area contributed by atoms with Gasteiger partial charge in [0.15, 0.2) is 0 Å². The van der Waals surface area contributed by atoms with Gasteiger partial charge in [-0.1, -0.05) is 36.4 Å². The number of amides is 2. The lowest BCUT2D eigenvalue weighted by molar-refractivity contribution is -0.132. The van der Waals surface area contributed by atoms with Crippen LogP contribution in [0.2, 0.25) is 0 Å². The molecule has 0 spiro atoms. The summed E-state index contributed by atoms with van der Waals surface area (Å²) in [6, 6.07) is 12.6. The highest BCUT2D eigenvalue weighted by Gasteiger charge is 2.26. The van der Waals surface area contributed by atoms with Gasteiger partial charge >= 0.3 is 0 Å². The number of thiophene rings is 1. The molecule has 0 saturated carbocycles. The second-order valence-electron chi connectivity index (χ2n) is 6.97. The van der Waals surface area contributed by atoms with Gasteiger partial charge in [0.05, 0.1) is 6.42 Å². The highest BCUT2D eigenvalue weighted by molar-refractivity contribution is 7.91. The van der Waals surface area contributed by atoms with Gasteiger partial charge in [0.2, 0.25) is 21.8 Å². The molecule has 29 heavy (non-hydrogen) atoms. The van der Waals surface area contributed by atoms with Gasteiger partial charge in [-0.15, -0.1) is 11.3 Å². The van der Waals surface area contributed by atoms with Gasteiger partial charge < -0.3 is 10.2 Å². The maximum atomic E-state index is 12.4. The van der Waals surface area contributed by atoms with Gasteiger partial charge in [-0.2, -0.15) is 0 Å². The number of carbonyl (C=O) groups excluding carboxylic acids is 2.